The van der Waals surface area contributed by atoms with Gasteiger partial charge in [-0.25, -0.2) is 9.18 Å². The van der Waals surface area contributed by atoms with E-state index in [0.717, 1.165) is 37.2 Å². The number of nitrogens with zero attached hydrogens (tertiary/aromatic N) is 1. The highest BCUT2D eigenvalue weighted by Gasteiger charge is 2.25. The number of ether oxygens (including phenoxy) is 1. The Bertz CT molecular complexity index is 740. The van der Waals surface area contributed by atoms with E-state index in [1.165, 1.54) is 23.8 Å². The molecule has 130 valence electrons. The lowest BCUT2D eigenvalue weighted by Gasteiger charge is -2.16. The molecule has 3 rings (SSSR count). The summed E-state index contributed by atoms with van der Waals surface area (Å²) in [5, 5.41) is 0. The van der Waals surface area contributed by atoms with Crippen molar-refractivity contribution < 1.29 is 13.9 Å². The standard InChI is InChI=1S/C21H22FNO2/c1-16(18-7-9-19(22)10-8-18)13-21(24)25-20-11-12-23(15-20)14-17-5-3-2-4-6-17/h2-10,13,20H,11-12,14-15H2,1H3/b16-13-/t20-/m1/s1. The van der Waals surface area contributed by atoms with E-state index >= 15 is 0 Å². The normalized spacial score (nSPS) is 18.3. The van der Waals surface area contributed by atoms with Crippen LogP contribution in [0.3, 0.4) is 0 Å². The van der Waals surface area contributed by atoms with Crippen LogP contribution in [0, 0.1) is 5.82 Å². The van der Waals surface area contributed by atoms with Crippen molar-refractivity contribution in [1.29, 1.82) is 0 Å². The SMILES string of the molecule is C/C(=C/C(=O)O[C@@H]1CCN(Cc2ccccc2)C1)c1ccc(F)cc1. The molecule has 0 spiro atoms. The number of allylic oxidation sites excluding steroid dienone is 1. The van der Waals surface area contributed by atoms with Crippen LogP contribution >= 0.6 is 0 Å². The molecule has 2 aromatic carbocycles. The molecule has 0 aromatic heterocycles. The van der Waals surface area contributed by atoms with Gasteiger partial charge in [-0.1, -0.05) is 42.5 Å². The van der Waals surface area contributed by atoms with Gasteiger partial charge in [0.25, 0.3) is 0 Å². The number of carbonyl (C=O) groups is 1. The minimum Gasteiger partial charge on any atom is -0.458 e. The predicted molar refractivity (Wildman–Crippen MR) is 96.3 cm³/mol. The lowest BCUT2D eigenvalue weighted by Crippen LogP contribution is -2.24. The molecule has 1 saturated heterocycles. The zero-order valence-electron chi connectivity index (χ0n) is 14.3. The first kappa shape index (κ1) is 17.4. The first-order valence-corrected chi connectivity index (χ1v) is 8.51. The third kappa shape index (κ3) is 5.00. The average Bonchev–Trinajstić information content (AvgIpc) is 3.03. The van der Waals surface area contributed by atoms with Gasteiger partial charge in [0, 0.05) is 25.7 Å². The Labute approximate surface area is 147 Å². The lowest BCUT2D eigenvalue weighted by molar-refractivity contribution is -0.142. The van der Waals surface area contributed by atoms with Crippen molar-refractivity contribution in [2.24, 2.45) is 0 Å². The average molecular weight is 339 g/mol. The van der Waals surface area contributed by atoms with Crippen molar-refractivity contribution in [2.45, 2.75) is 26.0 Å². The Hall–Kier alpha value is -2.46. The quantitative estimate of drug-likeness (QED) is 0.608. The number of benzene rings is 2. The summed E-state index contributed by atoms with van der Waals surface area (Å²) in [5.41, 5.74) is 2.85. The van der Waals surface area contributed by atoms with E-state index in [2.05, 4.69) is 17.0 Å². The number of halogens is 1. The number of hydrogen-bond donors (Lipinski definition) is 0. The van der Waals surface area contributed by atoms with Crippen LogP contribution in [-0.4, -0.2) is 30.1 Å². The molecule has 0 bridgehead atoms. The van der Waals surface area contributed by atoms with Gasteiger partial charge < -0.3 is 4.74 Å². The highest BCUT2D eigenvalue weighted by atomic mass is 19.1. The fraction of sp³-hybridized carbons (Fsp3) is 0.286. The maximum absolute atomic E-state index is 13.0. The molecule has 2 aromatic rings. The van der Waals surface area contributed by atoms with Gasteiger partial charge in [-0.3, -0.25) is 4.90 Å². The summed E-state index contributed by atoms with van der Waals surface area (Å²) in [4.78, 5) is 14.4. The maximum Gasteiger partial charge on any atom is 0.331 e. The number of esters is 1. The minimum atomic E-state index is -0.339. The number of likely N-dealkylation sites (tertiary alicyclic amines) is 1. The second-order valence-corrected chi connectivity index (χ2v) is 6.40. The van der Waals surface area contributed by atoms with E-state index in [0.29, 0.717) is 0 Å². The van der Waals surface area contributed by atoms with Gasteiger partial charge in [0.1, 0.15) is 11.9 Å². The summed E-state index contributed by atoms with van der Waals surface area (Å²) in [5.74, 6) is -0.628. The Balaban J connectivity index is 1.51. The molecule has 0 N–H and O–H groups in total. The zero-order valence-corrected chi connectivity index (χ0v) is 14.3. The molecule has 0 radical (unpaired) electrons. The summed E-state index contributed by atoms with van der Waals surface area (Å²) >= 11 is 0. The molecule has 1 heterocycles. The summed E-state index contributed by atoms with van der Waals surface area (Å²) in [7, 11) is 0. The largest absolute Gasteiger partial charge is 0.458 e. The molecule has 25 heavy (non-hydrogen) atoms. The van der Waals surface area contributed by atoms with E-state index in [-0.39, 0.29) is 17.9 Å². The van der Waals surface area contributed by atoms with Gasteiger partial charge in [0.05, 0.1) is 0 Å². The van der Waals surface area contributed by atoms with Crippen LogP contribution in [0.1, 0.15) is 24.5 Å². The zero-order chi connectivity index (χ0) is 17.6. The predicted octanol–water partition coefficient (Wildman–Crippen LogP) is 4.05. The molecular weight excluding hydrogens is 317 g/mol. The molecule has 1 atom stereocenters. The molecule has 0 saturated carbocycles. The number of carbonyl (C=O) groups excluding carboxylic acids is 1. The first-order valence-electron chi connectivity index (χ1n) is 8.51. The second kappa shape index (κ2) is 8.08. The van der Waals surface area contributed by atoms with Crippen LogP contribution in [0.25, 0.3) is 5.57 Å². The molecule has 1 fully saturated rings. The molecule has 3 nitrogen and oxygen atoms in total. The van der Waals surface area contributed by atoms with Crippen molar-refractivity contribution in [3.8, 4) is 0 Å². The Kier molecular flexibility index (Phi) is 5.61. The van der Waals surface area contributed by atoms with Crippen LogP contribution in [0.4, 0.5) is 4.39 Å². The lowest BCUT2D eigenvalue weighted by atomic mass is 10.1. The topological polar surface area (TPSA) is 29.5 Å². The molecule has 1 aliphatic heterocycles. The summed E-state index contributed by atoms with van der Waals surface area (Å²) < 4.78 is 18.5. The van der Waals surface area contributed by atoms with E-state index in [1.807, 2.05) is 25.1 Å². The van der Waals surface area contributed by atoms with Gasteiger partial charge >= 0.3 is 5.97 Å². The molecule has 0 amide bonds. The smallest absolute Gasteiger partial charge is 0.331 e. The minimum absolute atomic E-state index is 0.0755. The van der Waals surface area contributed by atoms with Crippen LogP contribution in [0.2, 0.25) is 0 Å². The van der Waals surface area contributed by atoms with Crippen molar-refractivity contribution in [3.63, 3.8) is 0 Å². The Morgan fingerprint density at radius 2 is 1.92 bits per heavy atom. The highest BCUT2D eigenvalue weighted by Crippen LogP contribution is 2.18. The number of rotatable bonds is 5. The van der Waals surface area contributed by atoms with Crippen molar-refractivity contribution in [1.82, 2.24) is 4.90 Å². The van der Waals surface area contributed by atoms with E-state index in [4.69, 9.17) is 4.74 Å². The highest BCUT2D eigenvalue weighted by molar-refractivity contribution is 5.91. The Morgan fingerprint density at radius 1 is 1.20 bits per heavy atom. The summed E-state index contributed by atoms with van der Waals surface area (Å²) in [6.07, 6.45) is 2.25. The monoisotopic (exact) mass is 339 g/mol. The van der Waals surface area contributed by atoms with Crippen molar-refractivity contribution in [2.75, 3.05) is 13.1 Å². The molecule has 0 unspecified atom stereocenters. The van der Waals surface area contributed by atoms with Gasteiger partial charge in [-0.2, -0.15) is 0 Å². The van der Waals surface area contributed by atoms with Crippen LogP contribution in [-0.2, 0) is 16.1 Å². The maximum atomic E-state index is 13.0. The summed E-state index contributed by atoms with van der Waals surface area (Å²) in [6, 6.07) is 16.4. The fourth-order valence-corrected chi connectivity index (χ4v) is 3.05. The van der Waals surface area contributed by atoms with E-state index < -0.39 is 0 Å². The molecular formula is C21H22FNO2. The third-order valence-corrected chi connectivity index (χ3v) is 4.39. The molecule has 1 aliphatic rings. The first-order chi connectivity index (χ1) is 12.1. The van der Waals surface area contributed by atoms with Gasteiger partial charge in [0.2, 0.25) is 0 Å². The van der Waals surface area contributed by atoms with E-state index in [1.54, 1.807) is 12.1 Å². The van der Waals surface area contributed by atoms with Crippen molar-refractivity contribution in [3.05, 3.63) is 77.6 Å². The fourth-order valence-electron chi connectivity index (χ4n) is 3.05. The van der Waals surface area contributed by atoms with Crippen LogP contribution in [0.15, 0.2) is 60.7 Å². The van der Waals surface area contributed by atoms with Gasteiger partial charge in [0.15, 0.2) is 0 Å². The molecule has 0 aliphatic carbocycles. The van der Waals surface area contributed by atoms with Gasteiger partial charge in [-0.05, 0) is 42.2 Å². The summed E-state index contributed by atoms with van der Waals surface area (Å²) in [6.45, 7) is 4.38. The Morgan fingerprint density at radius 3 is 2.64 bits per heavy atom. The van der Waals surface area contributed by atoms with Crippen LogP contribution < -0.4 is 0 Å². The van der Waals surface area contributed by atoms with Crippen molar-refractivity contribution >= 4 is 11.5 Å². The number of hydrogen-bond acceptors (Lipinski definition) is 3. The van der Waals surface area contributed by atoms with Gasteiger partial charge in [-0.15, -0.1) is 0 Å². The van der Waals surface area contributed by atoms with E-state index in [9.17, 15) is 9.18 Å². The molecule has 4 heteroatoms. The van der Waals surface area contributed by atoms with Crippen LogP contribution in [0.5, 0.6) is 0 Å². The second-order valence-electron chi connectivity index (χ2n) is 6.40. The third-order valence-electron chi connectivity index (χ3n) is 4.39.